The predicted octanol–water partition coefficient (Wildman–Crippen LogP) is 2.56. The van der Waals surface area contributed by atoms with Gasteiger partial charge in [-0.1, -0.05) is 38.5 Å². The van der Waals surface area contributed by atoms with Crippen LogP contribution in [0.15, 0.2) is 24.3 Å². The summed E-state index contributed by atoms with van der Waals surface area (Å²) in [5, 5.41) is 2.46. The van der Waals surface area contributed by atoms with Crippen molar-refractivity contribution in [2.24, 2.45) is 5.92 Å². The van der Waals surface area contributed by atoms with E-state index in [0.29, 0.717) is 5.56 Å². The Morgan fingerprint density at radius 2 is 1.84 bits per heavy atom. The lowest BCUT2D eigenvalue weighted by molar-refractivity contribution is -0.139. The molecule has 0 aliphatic heterocycles. The standard InChI is InChI=1S/C11H13NO3.C4H10/c1-8-4-3-5-9(6-8)11(14)12-7-10(13)15-2;1-4(2)3/h3-6H,7H2,1-2H3,(H,12,14);4H,1-3H3. The number of esters is 1. The zero-order valence-electron chi connectivity index (χ0n) is 12.3. The van der Waals surface area contributed by atoms with Crippen LogP contribution in [0.1, 0.15) is 36.7 Å². The molecule has 4 nitrogen and oxygen atoms in total. The number of nitrogens with one attached hydrogen (secondary N) is 1. The molecule has 1 aromatic carbocycles. The third-order valence-corrected chi connectivity index (χ3v) is 1.90. The van der Waals surface area contributed by atoms with Gasteiger partial charge in [-0.05, 0) is 25.0 Å². The molecule has 1 amide bonds. The van der Waals surface area contributed by atoms with E-state index in [1.807, 2.05) is 13.0 Å². The van der Waals surface area contributed by atoms with Crippen LogP contribution in [-0.2, 0) is 9.53 Å². The molecule has 1 rings (SSSR count). The Balaban J connectivity index is 0.000000711. The van der Waals surface area contributed by atoms with Crippen molar-refractivity contribution in [2.75, 3.05) is 13.7 Å². The van der Waals surface area contributed by atoms with E-state index in [-0.39, 0.29) is 12.5 Å². The Hall–Kier alpha value is -1.84. The van der Waals surface area contributed by atoms with Crippen LogP contribution < -0.4 is 5.32 Å². The summed E-state index contributed by atoms with van der Waals surface area (Å²) in [5.41, 5.74) is 1.54. The Morgan fingerprint density at radius 1 is 1.26 bits per heavy atom. The van der Waals surface area contributed by atoms with Crippen LogP contribution in [-0.4, -0.2) is 25.5 Å². The van der Waals surface area contributed by atoms with Crippen molar-refractivity contribution in [1.29, 1.82) is 0 Å². The molecule has 106 valence electrons. The molecule has 0 heterocycles. The highest BCUT2D eigenvalue weighted by atomic mass is 16.5. The van der Waals surface area contributed by atoms with Crippen molar-refractivity contribution in [3.63, 3.8) is 0 Å². The maximum Gasteiger partial charge on any atom is 0.325 e. The van der Waals surface area contributed by atoms with E-state index in [2.05, 4.69) is 30.8 Å². The molecule has 0 unspecified atom stereocenters. The second kappa shape index (κ2) is 9.14. The fourth-order valence-corrected chi connectivity index (χ4v) is 1.11. The minimum atomic E-state index is -0.462. The molecule has 1 N–H and O–H groups in total. The predicted molar refractivity (Wildman–Crippen MR) is 76.0 cm³/mol. The molecule has 0 fully saturated rings. The number of rotatable bonds is 3. The summed E-state index contributed by atoms with van der Waals surface area (Å²) in [6.07, 6.45) is 0. The van der Waals surface area contributed by atoms with Gasteiger partial charge >= 0.3 is 5.97 Å². The normalized spacial score (nSPS) is 9.37. The largest absolute Gasteiger partial charge is 0.468 e. The van der Waals surface area contributed by atoms with E-state index in [4.69, 9.17) is 0 Å². The molecule has 19 heavy (non-hydrogen) atoms. The molecule has 4 heteroatoms. The van der Waals surface area contributed by atoms with Gasteiger partial charge in [0.25, 0.3) is 5.91 Å². The quantitative estimate of drug-likeness (QED) is 0.855. The Bertz CT molecular complexity index is 411. The van der Waals surface area contributed by atoms with Gasteiger partial charge in [0.05, 0.1) is 7.11 Å². The van der Waals surface area contributed by atoms with E-state index in [1.54, 1.807) is 18.2 Å². The van der Waals surface area contributed by atoms with Gasteiger partial charge in [0.15, 0.2) is 0 Å². The Morgan fingerprint density at radius 3 is 2.32 bits per heavy atom. The number of aryl methyl sites for hydroxylation is 1. The lowest BCUT2D eigenvalue weighted by atomic mass is 10.1. The highest BCUT2D eigenvalue weighted by molar-refractivity contribution is 5.96. The Labute approximate surface area is 115 Å². The summed E-state index contributed by atoms with van der Waals surface area (Å²) in [6.45, 7) is 8.29. The summed E-state index contributed by atoms with van der Waals surface area (Å²) in [5.74, 6) is 0.0973. The van der Waals surface area contributed by atoms with Crippen molar-refractivity contribution >= 4 is 11.9 Å². The number of benzene rings is 1. The van der Waals surface area contributed by atoms with Crippen LogP contribution in [0.3, 0.4) is 0 Å². The summed E-state index contributed by atoms with van der Waals surface area (Å²) < 4.78 is 4.41. The molecule has 0 radical (unpaired) electrons. The van der Waals surface area contributed by atoms with Crippen LogP contribution in [0.5, 0.6) is 0 Å². The first kappa shape index (κ1) is 17.2. The van der Waals surface area contributed by atoms with Gasteiger partial charge in [-0.15, -0.1) is 0 Å². The van der Waals surface area contributed by atoms with Crippen LogP contribution in [0.25, 0.3) is 0 Å². The van der Waals surface area contributed by atoms with E-state index < -0.39 is 5.97 Å². The number of hydrogen-bond acceptors (Lipinski definition) is 3. The van der Waals surface area contributed by atoms with E-state index in [0.717, 1.165) is 11.5 Å². The maximum absolute atomic E-state index is 11.5. The fourth-order valence-electron chi connectivity index (χ4n) is 1.11. The third kappa shape index (κ3) is 8.83. The maximum atomic E-state index is 11.5. The van der Waals surface area contributed by atoms with Crippen LogP contribution >= 0.6 is 0 Å². The first-order valence-corrected chi connectivity index (χ1v) is 6.28. The van der Waals surface area contributed by atoms with Crippen molar-refractivity contribution in [3.05, 3.63) is 35.4 Å². The lowest BCUT2D eigenvalue weighted by Gasteiger charge is -2.04. The zero-order valence-corrected chi connectivity index (χ0v) is 12.3. The minimum Gasteiger partial charge on any atom is -0.468 e. The van der Waals surface area contributed by atoms with Gasteiger partial charge in [-0.25, -0.2) is 0 Å². The van der Waals surface area contributed by atoms with Gasteiger partial charge in [0.2, 0.25) is 0 Å². The highest BCUT2D eigenvalue weighted by Crippen LogP contribution is 2.03. The Kier molecular flexibility index (Phi) is 8.25. The molecule has 1 aromatic rings. The summed E-state index contributed by atoms with van der Waals surface area (Å²) in [7, 11) is 1.28. The molecule has 0 saturated heterocycles. The fraction of sp³-hybridized carbons (Fsp3) is 0.467. The van der Waals surface area contributed by atoms with E-state index >= 15 is 0 Å². The van der Waals surface area contributed by atoms with Gasteiger partial charge in [-0.2, -0.15) is 0 Å². The van der Waals surface area contributed by atoms with E-state index in [9.17, 15) is 9.59 Å². The van der Waals surface area contributed by atoms with Crippen molar-refractivity contribution < 1.29 is 14.3 Å². The van der Waals surface area contributed by atoms with Gasteiger partial charge in [0.1, 0.15) is 6.54 Å². The number of methoxy groups -OCH3 is 1. The minimum absolute atomic E-state index is 0.108. The molecule has 0 spiro atoms. The number of amides is 1. The zero-order chi connectivity index (χ0) is 14.8. The number of ether oxygens (including phenoxy) is 1. The number of carbonyl (C=O) groups is 2. The first-order valence-electron chi connectivity index (χ1n) is 6.28. The van der Waals surface area contributed by atoms with Gasteiger partial charge in [0, 0.05) is 5.56 Å². The second-order valence-corrected chi connectivity index (χ2v) is 4.86. The van der Waals surface area contributed by atoms with Crippen LogP contribution in [0.2, 0.25) is 0 Å². The molecule has 0 aliphatic rings. The molecule has 0 bridgehead atoms. The average Bonchev–Trinajstić information content (AvgIpc) is 2.34. The van der Waals surface area contributed by atoms with Crippen molar-refractivity contribution in [2.45, 2.75) is 27.7 Å². The lowest BCUT2D eigenvalue weighted by Crippen LogP contribution is -2.30. The number of carbonyl (C=O) groups excluding carboxylic acids is 2. The molecule has 0 aromatic heterocycles. The average molecular weight is 265 g/mol. The second-order valence-electron chi connectivity index (χ2n) is 4.86. The smallest absolute Gasteiger partial charge is 0.325 e. The van der Waals surface area contributed by atoms with Gasteiger partial charge < -0.3 is 10.1 Å². The van der Waals surface area contributed by atoms with Crippen molar-refractivity contribution in [3.8, 4) is 0 Å². The first-order chi connectivity index (χ1) is 8.86. The molecular formula is C15H23NO3. The van der Waals surface area contributed by atoms with Crippen LogP contribution in [0.4, 0.5) is 0 Å². The summed E-state index contributed by atoms with van der Waals surface area (Å²) >= 11 is 0. The van der Waals surface area contributed by atoms with E-state index in [1.165, 1.54) is 7.11 Å². The number of hydrogen-bond donors (Lipinski definition) is 1. The monoisotopic (exact) mass is 265 g/mol. The molecule has 0 aliphatic carbocycles. The van der Waals surface area contributed by atoms with Gasteiger partial charge in [-0.3, -0.25) is 9.59 Å². The molecular weight excluding hydrogens is 242 g/mol. The molecule has 0 saturated carbocycles. The van der Waals surface area contributed by atoms with Crippen LogP contribution in [0, 0.1) is 12.8 Å². The third-order valence-electron chi connectivity index (χ3n) is 1.90. The highest BCUT2D eigenvalue weighted by Gasteiger charge is 2.07. The summed E-state index contributed by atoms with van der Waals surface area (Å²) in [4.78, 5) is 22.3. The summed E-state index contributed by atoms with van der Waals surface area (Å²) in [6, 6.07) is 7.14. The van der Waals surface area contributed by atoms with Crippen molar-refractivity contribution in [1.82, 2.24) is 5.32 Å². The molecule has 0 atom stereocenters. The SMILES string of the molecule is CC(C)C.COC(=O)CNC(=O)c1cccc(C)c1. The topological polar surface area (TPSA) is 55.4 Å².